The Hall–Kier alpha value is -2.78. The number of rotatable bonds is 6. The maximum Gasteiger partial charge on any atom is 0.261 e. The number of amides is 1. The molecular weight excluding hydrogens is 346 g/mol. The van der Waals surface area contributed by atoms with E-state index in [0.29, 0.717) is 17.3 Å². The molecule has 0 radical (unpaired) electrons. The molecule has 132 valence electrons. The van der Waals surface area contributed by atoms with Gasteiger partial charge in [0.05, 0.1) is 5.02 Å². The molecule has 1 N–H and O–H groups in total. The fourth-order valence-corrected chi connectivity index (χ4v) is 2.80. The van der Waals surface area contributed by atoms with E-state index in [4.69, 9.17) is 16.3 Å². The van der Waals surface area contributed by atoms with Crippen LogP contribution < -0.4 is 10.1 Å². The largest absolute Gasteiger partial charge is 0.479 e. The van der Waals surface area contributed by atoms with Crippen LogP contribution in [0, 0.1) is 0 Å². The van der Waals surface area contributed by atoms with E-state index < -0.39 is 6.10 Å². The third-order valence-corrected chi connectivity index (χ3v) is 4.32. The van der Waals surface area contributed by atoms with E-state index in [0.717, 1.165) is 16.7 Å². The molecule has 3 rings (SSSR count). The maximum atomic E-state index is 12.2. The molecule has 0 aliphatic heterocycles. The first-order chi connectivity index (χ1) is 12.6. The zero-order chi connectivity index (χ0) is 18.4. The Kier molecular flexibility index (Phi) is 5.92. The van der Waals surface area contributed by atoms with Crippen LogP contribution >= 0.6 is 11.6 Å². The lowest BCUT2D eigenvalue weighted by Gasteiger charge is -2.16. The van der Waals surface area contributed by atoms with Crippen LogP contribution in [0.4, 0.5) is 0 Å². The first kappa shape index (κ1) is 18.0. The number of halogens is 1. The van der Waals surface area contributed by atoms with Crippen molar-refractivity contribution < 1.29 is 9.53 Å². The minimum atomic E-state index is -0.640. The highest BCUT2D eigenvalue weighted by Crippen LogP contribution is 2.31. The monoisotopic (exact) mass is 365 g/mol. The lowest BCUT2D eigenvalue weighted by Crippen LogP contribution is -2.35. The lowest BCUT2D eigenvalue weighted by molar-refractivity contribution is -0.127. The Morgan fingerprint density at radius 2 is 1.62 bits per heavy atom. The van der Waals surface area contributed by atoms with Crippen molar-refractivity contribution in [3.05, 3.63) is 89.4 Å². The van der Waals surface area contributed by atoms with Crippen LogP contribution in [-0.2, 0) is 11.3 Å². The predicted octanol–water partition coefficient (Wildman–Crippen LogP) is 5.09. The van der Waals surface area contributed by atoms with Gasteiger partial charge in [0.2, 0.25) is 0 Å². The zero-order valence-corrected chi connectivity index (χ0v) is 15.2. The van der Waals surface area contributed by atoms with Gasteiger partial charge < -0.3 is 10.1 Å². The van der Waals surface area contributed by atoms with E-state index >= 15 is 0 Å². The van der Waals surface area contributed by atoms with Gasteiger partial charge in [-0.2, -0.15) is 0 Å². The zero-order valence-electron chi connectivity index (χ0n) is 14.5. The average molecular weight is 366 g/mol. The summed E-state index contributed by atoms with van der Waals surface area (Å²) >= 11 is 6.34. The van der Waals surface area contributed by atoms with Crippen molar-refractivity contribution in [2.24, 2.45) is 0 Å². The van der Waals surface area contributed by atoms with E-state index in [2.05, 4.69) is 5.32 Å². The summed E-state index contributed by atoms with van der Waals surface area (Å²) in [5, 5.41) is 3.35. The number of benzene rings is 3. The summed E-state index contributed by atoms with van der Waals surface area (Å²) in [7, 11) is 0. The molecule has 0 saturated carbocycles. The average Bonchev–Trinajstić information content (AvgIpc) is 2.69. The fraction of sp³-hybridized carbons (Fsp3) is 0.136. The Morgan fingerprint density at radius 3 is 2.27 bits per heavy atom. The molecule has 1 amide bonds. The van der Waals surface area contributed by atoms with Crippen LogP contribution in [0.3, 0.4) is 0 Å². The van der Waals surface area contributed by atoms with Gasteiger partial charge in [-0.15, -0.1) is 0 Å². The Bertz CT molecular complexity index is 866. The smallest absolute Gasteiger partial charge is 0.261 e. The highest BCUT2D eigenvalue weighted by Gasteiger charge is 2.16. The molecule has 3 aromatic carbocycles. The molecule has 0 aliphatic carbocycles. The van der Waals surface area contributed by atoms with Gasteiger partial charge in [-0.1, -0.05) is 78.3 Å². The summed E-state index contributed by atoms with van der Waals surface area (Å²) in [5.41, 5.74) is 3.12. The molecule has 4 heteroatoms. The first-order valence-electron chi connectivity index (χ1n) is 8.47. The Labute approximate surface area is 158 Å². The molecule has 0 heterocycles. The van der Waals surface area contributed by atoms with Crippen molar-refractivity contribution in [2.45, 2.75) is 19.6 Å². The molecule has 0 aromatic heterocycles. The number of carbonyl (C=O) groups excluding carboxylic acids is 1. The van der Waals surface area contributed by atoms with Gasteiger partial charge in [0.25, 0.3) is 5.91 Å². The van der Waals surface area contributed by atoms with Gasteiger partial charge in [-0.05, 0) is 35.7 Å². The van der Waals surface area contributed by atoms with Gasteiger partial charge in [0.1, 0.15) is 5.75 Å². The van der Waals surface area contributed by atoms with E-state index in [1.807, 2.05) is 72.8 Å². The van der Waals surface area contributed by atoms with Crippen molar-refractivity contribution in [3.8, 4) is 16.9 Å². The molecule has 1 atom stereocenters. The third kappa shape index (κ3) is 4.64. The fourth-order valence-electron chi connectivity index (χ4n) is 2.58. The minimum Gasteiger partial charge on any atom is -0.479 e. The molecule has 0 bridgehead atoms. The predicted molar refractivity (Wildman–Crippen MR) is 105 cm³/mol. The van der Waals surface area contributed by atoms with E-state index in [1.54, 1.807) is 13.0 Å². The topological polar surface area (TPSA) is 38.3 Å². The minimum absolute atomic E-state index is 0.183. The molecular formula is C22H20ClNO2. The highest BCUT2D eigenvalue weighted by atomic mass is 35.5. The highest BCUT2D eigenvalue weighted by molar-refractivity contribution is 6.32. The van der Waals surface area contributed by atoms with Crippen LogP contribution in [0.25, 0.3) is 11.1 Å². The molecule has 0 aliphatic rings. The summed E-state index contributed by atoms with van der Waals surface area (Å²) in [6.45, 7) is 2.18. The lowest BCUT2D eigenvalue weighted by atomic mass is 10.1. The second-order valence-electron chi connectivity index (χ2n) is 5.97. The van der Waals surface area contributed by atoms with Crippen LogP contribution in [0.15, 0.2) is 78.9 Å². The number of nitrogens with one attached hydrogen (secondary N) is 1. The van der Waals surface area contributed by atoms with E-state index in [1.165, 1.54) is 0 Å². The molecule has 0 unspecified atom stereocenters. The van der Waals surface area contributed by atoms with Crippen LogP contribution in [0.1, 0.15) is 12.5 Å². The van der Waals surface area contributed by atoms with Crippen molar-refractivity contribution in [1.82, 2.24) is 5.32 Å². The van der Waals surface area contributed by atoms with Crippen LogP contribution in [0.5, 0.6) is 5.75 Å². The summed E-state index contributed by atoms with van der Waals surface area (Å²) in [6, 6.07) is 25.3. The van der Waals surface area contributed by atoms with Crippen LogP contribution in [0.2, 0.25) is 5.02 Å². The number of ether oxygens (including phenoxy) is 1. The van der Waals surface area contributed by atoms with Crippen molar-refractivity contribution in [1.29, 1.82) is 0 Å². The summed E-state index contributed by atoms with van der Waals surface area (Å²) in [5.74, 6) is 0.311. The van der Waals surface area contributed by atoms with Crippen molar-refractivity contribution >= 4 is 17.5 Å². The SMILES string of the molecule is C[C@H](Oc1ccc(-c2ccccc2)cc1Cl)C(=O)NCc1ccccc1. The van der Waals surface area contributed by atoms with Crippen molar-refractivity contribution in [3.63, 3.8) is 0 Å². The second-order valence-corrected chi connectivity index (χ2v) is 6.38. The summed E-state index contributed by atoms with van der Waals surface area (Å²) in [6.07, 6.45) is -0.640. The molecule has 0 saturated heterocycles. The normalized spacial score (nSPS) is 11.6. The first-order valence-corrected chi connectivity index (χ1v) is 8.84. The molecule has 0 fully saturated rings. The molecule has 0 spiro atoms. The van der Waals surface area contributed by atoms with E-state index in [9.17, 15) is 4.79 Å². The van der Waals surface area contributed by atoms with Gasteiger partial charge in [0, 0.05) is 6.54 Å². The number of carbonyl (C=O) groups is 1. The number of hydrogen-bond donors (Lipinski definition) is 1. The Morgan fingerprint density at radius 1 is 0.962 bits per heavy atom. The molecule has 3 aromatic rings. The second kappa shape index (κ2) is 8.54. The summed E-state index contributed by atoms with van der Waals surface area (Å²) < 4.78 is 5.74. The molecule has 3 nitrogen and oxygen atoms in total. The Balaban J connectivity index is 1.61. The van der Waals surface area contributed by atoms with Gasteiger partial charge in [-0.3, -0.25) is 4.79 Å². The van der Waals surface area contributed by atoms with Crippen LogP contribution in [-0.4, -0.2) is 12.0 Å². The number of hydrogen-bond acceptors (Lipinski definition) is 2. The molecule has 26 heavy (non-hydrogen) atoms. The van der Waals surface area contributed by atoms with Gasteiger partial charge in [0.15, 0.2) is 6.10 Å². The van der Waals surface area contributed by atoms with Crippen molar-refractivity contribution in [2.75, 3.05) is 0 Å². The maximum absolute atomic E-state index is 12.2. The summed E-state index contributed by atoms with van der Waals surface area (Å²) in [4.78, 5) is 12.2. The van der Waals surface area contributed by atoms with E-state index in [-0.39, 0.29) is 5.91 Å². The van der Waals surface area contributed by atoms with Gasteiger partial charge in [-0.25, -0.2) is 0 Å². The standard InChI is InChI=1S/C22H20ClNO2/c1-16(22(25)24-15-17-8-4-2-5-9-17)26-21-13-12-19(14-20(21)23)18-10-6-3-7-11-18/h2-14,16H,15H2,1H3,(H,24,25)/t16-/m0/s1. The van der Waals surface area contributed by atoms with Gasteiger partial charge >= 0.3 is 0 Å². The third-order valence-electron chi connectivity index (χ3n) is 4.02. The quantitative estimate of drug-likeness (QED) is 0.660.